The lowest BCUT2D eigenvalue weighted by Gasteiger charge is -2.30. The number of hydrogen-bond donors (Lipinski definition) is 1. The van der Waals surface area contributed by atoms with Crippen LogP contribution in [0.1, 0.15) is 5.69 Å². The number of rotatable bonds is 4. The van der Waals surface area contributed by atoms with Crippen LogP contribution in [-0.4, -0.2) is 52.8 Å². The molecular weight excluding hydrogens is 300 g/mol. The van der Waals surface area contributed by atoms with Gasteiger partial charge in [-0.15, -0.1) is 0 Å². The van der Waals surface area contributed by atoms with E-state index in [0.29, 0.717) is 18.0 Å². The van der Waals surface area contributed by atoms with Crippen LogP contribution in [0.5, 0.6) is 0 Å². The van der Waals surface area contributed by atoms with Crippen LogP contribution in [0.3, 0.4) is 0 Å². The molecule has 1 saturated heterocycles. The summed E-state index contributed by atoms with van der Waals surface area (Å²) in [6.07, 6.45) is -0.896. The second-order valence-corrected chi connectivity index (χ2v) is 5.26. The van der Waals surface area contributed by atoms with Crippen molar-refractivity contribution in [3.8, 4) is 11.3 Å². The summed E-state index contributed by atoms with van der Waals surface area (Å²) in [6, 6.07) is 11.2. The lowest BCUT2D eigenvalue weighted by molar-refractivity contribution is -0.159. The Labute approximate surface area is 132 Å². The molecule has 0 aliphatic carbocycles. The van der Waals surface area contributed by atoms with Gasteiger partial charge in [0.25, 0.3) is 0 Å². The first kappa shape index (κ1) is 15.2. The van der Waals surface area contributed by atoms with E-state index in [-0.39, 0.29) is 25.5 Å². The average Bonchev–Trinajstić information content (AvgIpc) is 3.04. The van der Waals surface area contributed by atoms with Gasteiger partial charge in [0.1, 0.15) is 0 Å². The maximum atomic E-state index is 12.3. The number of morpholine rings is 1. The minimum absolute atomic E-state index is 0.0531. The molecule has 0 bridgehead atoms. The van der Waals surface area contributed by atoms with Crippen molar-refractivity contribution in [2.45, 2.75) is 12.5 Å². The first-order valence-corrected chi connectivity index (χ1v) is 7.26. The van der Waals surface area contributed by atoms with Crippen LogP contribution in [0.15, 0.2) is 40.9 Å². The summed E-state index contributed by atoms with van der Waals surface area (Å²) < 4.78 is 10.4. The van der Waals surface area contributed by atoms with Gasteiger partial charge in [-0.1, -0.05) is 35.5 Å². The zero-order valence-corrected chi connectivity index (χ0v) is 12.3. The van der Waals surface area contributed by atoms with Crippen LogP contribution < -0.4 is 0 Å². The fourth-order valence-electron chi connectivity index (χ4n) is 2.43. The maximum absolute atomic E-state index is 12.3. The molecule has 3 rings (SSSR count). The number of nitrogens with zero attached hydrogens (tertiary/aromatic N) is 2. The summed E-state index contributed by atoms with van der Waals surface area (Å²) >= 11 is 0. The van der Waals surface area contributed by atoms with Crippen molar-refractivity contribution in [3.05, 3.63) is 42.1 Å². The highest BCUT2D eigenvalue weighted by molar-refractivity contribution is 5.80. The molecule has 1 N–H and O–H groups in total. The minimum atomic E-state index is -1.06. The zero-order chi connectivity index (χ0) is 16.2. The van der Waals surface area contributed by atoms with E-state index in [1.165, 1.54) is 4.90 Å². The van der Waals surface area contributed by atoms with Crippen molar-refractivity contribution >= 4 is 11.9 Å². The number of carboxylic acids is 1. The molecule has 0 radical (unpaired) electrons. The molecular formula is C16H16N2O5. The number of carboxylic acid groups (broad SMARTS) is 1. The van der Waals surface area contributed by atoms with Crippen molar-refractivity contribution in [1.29, 1.82) is 0 Å². The van der Waals surface area contributed by atoms with Gasteiger partial charge in [0, 0.05) is 18.2 Å². The predicted octanol–water partition coefficient (Wildman–Crippen LogP) is 1.20. The van der Waals surface area contributed by atoms with Crippen LogP contribution in [0.2, 0.25) is 0 Å². The topological polar surface area (TPSA) is 92.9 Å². The molecule has 23 heavy (non-hydrogen) atoms. The fourth-order valence-corrected chi connectivity index (χ4v) is 2.43. The first-order valence-electron chi connectivity index (χ1n) is 7.26. The molecule has 0 unspecified atom stereocenters. The molecule has 1 aromatic heterocycles. The van der Waals surface area contributed by atoms with Gasteiger partial charge in [0.15, 0.2) is 11.9 Å². The molecule has 120 valence electrons. The Hall–Kier alpha value is -2.67. The Bertz CT molecular complexity index is 698. The van der Waals surface area contributed by atoms with E-state index < -0.39 is 12.1 Å². The van der Waals surface area contributed by atoms with Crippen molar-refractivity contribution in [2.24, 2.45) is 0 Å². The molecule has 7 heteroatoms. The number of hydrogen-bond acceptors (Lipinski definition) is 5. The van der Waals surface area contributed by atoms with Gasteiger partial charge in [-0.3, -0.25) is 4.79 Å². The quantitative estimate of drug-likeness (QED) is 0.911. The Morgan fingerprint density at radius 3 is 2.83 bits per heavy atom. The van der Waals surface area contributed by atoms with E-state index in [9.17, 15) is 9.59 Å². The molecule has 1 atom stereocenters. The third-order valence-electron chi connectivity index (χ3n) is 3.64. The molecule has 2 heterocycles. The van der Waals surface area contributed by atoms with Gasteiger partial charge < -0.3 is 19.3 Å². The largest absolute Gasteiger partial charge is 0.479 e. The third-order valence-corrected chi connectivity index (χ3v) is 3.64. The van der Waals surface area contributed by atoms with Crippen LogP contribution >= 0.6 is 0 Å². The zero-order valence-electron chi connectivity index (χ0n) is 12.3. The molecule has 7 nitrogen and oxygen atoms in total. The molecule has 1 aliphatic rings. The van der Waals surface area contributed by atoms with Gasteiger partial charge in [0.2, 0.25) is 5.91 Å². The lowest BCUT2D eigenvalue weighted by atomic mass is 10.1. The number of ether oxygens (including phenoxy) is 1. The van der Waals surface area contributed by atoms with Crippen molar-refractivity contribution < 1.29 is 24.0 Å². The number of aliphatic carboxylic acids is 1. The number of carbonyl (C=O) groups is 2. The Balaban J connectivity index is 1.64. The van der Waals surface area contributed by atoms with Gasteiger partial charge in [0.05, 0.1) is 25.3 Å². The summed E-state index contributed by atoms with van der Waals surface area (Å²) in [5.74, 6) is -0.651. The predicted molar refractivity (Wildman–Crippen MR) is 79.6 cm³/mol. The van der Waals surface area contributed by atoms with Crippen LogP contribution in [0.4, 0.5) is 0 Å². The summed E-state index contributed by atoms with van der Waals surface area (Å²) in [4.78, 5) is 24.7. The van der Waals surface area contributed by atoms with Crippen molar-refractivity contribution in [3.63, 3.8) is 0 Å². The van der Waals surface area contributed by atoms with E-state index >= 15 is 0 Å². The van der Waals surface area contributed by atoms with E-state index in [1.54, 1.807) is 6.07 Å². The Morgan fingerprint density at radius 1 is 1.30 bits per heavy atom. The highest BCUT2D eigenvalue weighted by Gasteiger charge is 2.29. The molecule has 1 fully saturated rings. The molecule has 0 spiro atoms. The van der Waals surface area contributed by atoms with E-state index in [0.717, 1.165) is 5.56 Å². The first-order chi connectivity index (χ1) is 11.1. The number of aromatic nitrogens is 1. The standard InChI is InChI=1S/C16H16N2O5/c19-15(18-6-7-22-14(10-18)16(20)21)9-12-8-13(23-17-12)11-4-2-1-3-5-11/h1-5,8,14H,6-7,9-10H2,(H,20,21)/t14-/m1/s1. The molecule has 2 aromatic rings. The summed E-state index contributed by atoms with van der Waals surface area (Å²) in [7, 11) is 0. The van der Waals surface area contributed by atoms with Gasteiger partial charge in [-0.2, -0.15) is 0 Å². The SMILES string of the molecule is O=C(O)[C@H]1CN(C(=O)Cc2cc(-c3ccccc3)on2)CCO1. The molecule has 1 amide bonds. The average molecular weight is 316 g/mol. The highest BCUT2D eigenvalue weighted by Crippen LogP contribution is 2.20. The normalized spacial score (nSPS) is 17.9. The molecule has 0 saturated carbocycles. The summed E-state index contributed by atoms with van der Waals surface area (Å²) in [6.45, 7) is 0.653. The smallest absolute Gasteiger partial charge is 0.334 e. The molecule has 1 aromatic carbocycles. The van der Waals surface area contributed by atoms with E-state index in [4.69, 9.17) is 14.4 Å². The van der Waals surface area contributed by atoms with Crippen LogP contribution in [0, 0.1) is 0 Å². The number of carbonyl (C=O) groups excluding carboxylic acids is 1. The fraction of sp³-hybridized carbons (Fsp3) is 0.312. The van der Waals surface area contributed by atoms with Gasteiger partial charge in [-0.25, -0.2) is 4.79 Å². The van der Waals surface area contributed by atoms with E-state index in [2.05, 4.69) is 5.16 Å². The Kier molecular flexibility index (Phi) is 4.38. The monoisotopic (exact) mass is 316 g/mol. The van der Waals surface area contributed by atoms with Crippen molar-refractivity contribution in [2.75, 3.05) is 19.7 Å². The second-order valence-electron chi connectivity index (χ2n) is 5.26. The van der Waals surface area contributed by atoms with Gasteiger partial charge in [-0.05, 0) is 0 Å². The van der Waals surface area contributed by atoms with Gasteiger partial charge >= 0.3 is 5.97 Å². The molecule has 1 aliphatic heterocycles. The third kappa shape index (κ3) is 3.57. The summed E-state index contributed by atoms with van der Waals surface area (Å²) in [5, 5.41) is 12.9. The maximum Gasteiger partial charge on any atom is 0.334 e. The highest BCUT2D eigenvalue weighted by atomic mass is 16.5. The summed E-state index contributed by atoms with van der Waals surface area (Å²) in [5.41, 5.74) is 1.41. The van der Waals surface area contributed by atoms with E-state index in [1.807, 2.05) is 30.3 Å². The van der Waals surface area contributed by atoms with Crippen molar-refractivity contribution in [1.82, 2.24) is 10.1 Å². The minimum Gasteiger partial charge on any atom is -0.479 e. The second kappa shape index (κ2) is 6.62. The Morgan fingerprint density at radius 2 is 2.09 bits per heavy atom. The van der Waals surface area contributed by atoms with Crippen LogP contribution in [-0.2, 0) is 20.7 Å². The lowest BCUT2D eigenvalue weighted by Crippen LogP contribution is -2.49. The number of amides is 1. The van der Waals surface area contributed by atoms with Crippen LogP contribution in [0.25, 0.3) is 11.3 Å². The number of benzene rings is 1.